The van der Waals surface area contributed by atoms with Gasteiger partial charge in [0.2, 0.25) is 5.91 Å². The summed E-state index contributed by atoms with van der Waals surface area (Å²) in [5.74, 6) is 0.939. The van der Waals surface area contributed by atoms with Gasteiger partial charge in [0.15, 0.2) is 0 Å². The van der Waals surface area contributed by atoms with Gasteiger partial charge in [0.1, 0.15) is 5.75 Å². The predicted molar refractivity (Wildman–Crippen MR) is 112 cm³/mol. The quantitative estimate of drug-likeness (QED) is 0.742. The Morgan fingerprint density at radius 3 is 2.44 bits per heavy atom. The highest BCUT2D eigenvalue weighted by molar-refractivity contribution is 7.98. The van der Waals surface area contributed by atoms with Gasteiger partial charge in [-0.05, 0) is 42.2 Å². The zero-order chi connectivity index (χ0) is 19.1. The van der Waals surface area contributed by atoms with Crippen LogP contribution in [0.1, 0.15) is 5.56 Å². The van der Waals surface area contributed by atoms with Crippen LogP contribution in [0, 0.1) is 0 Å². The van der Waals surface area contributed by atoms with Crippen LogP contribution in [0.3, 0.4) is 0 Å². The lowest BCUT2D eigenvalue weighted by atomic mass is 10.2. The first-order valence-corrected chi connectivity index (χ1v) is 10.4. The first-order valence-electron chi connectivity index (χ1n) is 9.18. The van der Waals surface area contributed by atoms with E-state index in [1.165, 1.54) is 5.56 Å². The van der Waals surface area contributed by atoms with Gasteiger partial charge in [-0.15, -0.1) is 11.8 Å². The largest absolute Gasteiger partial charge is 0.497 e. The number of thioether (sulfide) groups is 1. The summed E-state index contributed by atoms with van der Waals surface area (Å²) in [7, 11) is 1.68. The Bertz CT molecular complexity index is 743. The number of carbonyl (C=O) groups is 1. The van der Waals surface area contributed by atoms with Crippen molar-refractivity contribution in [2.24, 2.45) is 0 Å². The third-order valence-corrected chi connectivity index (χ3v) is 5.48. The van der Waals surface area contributed by atoms with Gasteiger partial charge >= 0.3 is 0 Å². The van der Waals surface area contributed by atoms with Crippen LogP contribution < -0.4 is 10.1 Å². The average molecular weight is 386 g/mol. The van der Waals surface area contributed by atoms with Crippen LogP contribution in [0.25, 0.3) is 0 Å². The molecule has 6 heteroatoms. The van der Waals surface area contributed by atoms with Gasteiger partial charge in [0.25, 0.3) is 0 Å². The topological polar surface area (TPSA) is 44.8 Å². The molecule has 144 valence electrons. The molecule has 0 unspecified atom stereocenters. The first kappa shape index (κ1) is 19.7. The lowest BCUT2D eigenvalue weighted by molar-refractivity contribution is -0.117. The molecule has 3 rings (SSSR count). The van der Waals surface area contributed by atoms with Gasteiger partial charge in [-0.3, -0.25) is 14.6 Å². The van der Waals surface area contributed by atoms with Crippen molar-refractivity contribution in [1.29, 1.82) is 0 Å². The number of amides is 1. The van der Waals surface area contributed by atoms with Crippen molar-refractivity contribution < 1.29 is 9.53 Å². The van der Waals surface area contributed by atoms with Crippen molar-refractivity contribution in [3.8, 4) is 5.75 Å². The number of ether oxygens (including phenoxy) is 1. The second-order valence-electron chi connectivity index (χ2n) is 6.68. The smallest absolute Gasteiger partial charge is 0.238 e. The number of rotatable bonds is 7. The van der Waals surface area contributed by atoms with E-state index in [4.69, 9.17) is 4.74 Å². The number of hydrogen-bond donors (Lipinski definition) is 1. The van der Waals surface area contributed by atoms with Gasteiger partial charge in [-0.1, -0.05) is 18.2 Å². The Morgan fingerprint density at radius 1 is 1.07 bits per heavy atom. The molecule has 2 aromatic rings. The van der Waals surface area contributed by atoms with E-state index in [0.717, 1.165) is 49.1 Å². The summed E-state index contributed by atoms with van der Waals surface area (Å²) in [6.45, 7) is 5.15. The summed E-state index contributed by atoms with van der Waals surface area (Å²) in [6.07, 6.45) is 2.03. The predicted octanol–water partition coefficient (Wildman–Crippen LogP) is 3.17. The Kier molecular flexibility index (Phi) is 7.15. The van der Waals surface area contributed by atoms with Crippen LogP contribution in [-0.4, -0.2) is 61.8 Å². The van der Waals surface area contributed by atoms with Crippen molar-refractivity contribution >= 4 is 23.4 Å². The monoisotopic (exact) mass is 385 g/mol. The lowest BCUT2D eigenvalue weighted by Crippen LogP contribution is -2.48. The minimum atomic E-state index is 0.0526. The van der Waals surface area contributed by atoms with Crippen molar-refractivity contribution in [3.05, 3.63) is 54.1 Å². The van der Waals surface area contributed by atoms with Crippen molar-refractivity contribution in [2.75, 3.05) is 51.4 Å². The Balaban J connectivity index is 1.42. The molecule has 2 aromatic carbocycles. The molecule has 0 atom stereocenters. The van der Waals surface area contributed by atoms with E-state index in [1.807, 2.05) is 42.7 Å². The van der Waals surface area contributed by atoms with Crippen LogP contribution in [0.2, 0.25) is 0 Å². The molecule has 0 bridgehead atoms. The normalized spacial score (nSPS) is 15.5. The number of anilines is 1. The van der Waals surface area contributed by atoms with Crippen LogP contribution in [0.4, 0.5) is 5.69 Å². The SMILES string of the molecule is COc1ccc(CN2CCN(CC(=O)Nc3cccc(SC)c3)CC2)cc1. The van der Waals surface area contributed by atoms with Crippen molar-refractivity contribution in [2.45, 2.75) is 11.4 Å². The van der Waals surface area contributed by atoms with E-state index < -0.39 is 0 Å². The Hall–Kier alpha value is -2.02. The minimum Gasteiger partial charge on any atom is -0.497 e. The summed E-state index contributed by atoms with van der Waals surface area (Å²) >= 11 is 1.67. The lowest BCUT2D eigenvalue weighted by Gasteiger charge is -2.34. The maximum Gasteiger partial charge on any atom is 0.238 e. The molecule has 0 radical (unpaired) electrons. The molecule has 1 fully saturated rings. The number of benzene rings is 2. The molecule has 0 saturated carbocycles. The summed E-state index contributed by atoms with van der Waals surface area (Å²) in [5.41, 5.74) is 2.15. The highest BCUT2D eigenvalue weighted by atomic mass is 32.2. The molecule has 5 nitrogen and oxygen atoms in total. The zero-order valence-corrected chi connectivity index (χ0v) is 16.8. The molecular formula is C21H27N3O2S. The molecule has 0 aliphatic carbocycles. The number of piperazine rings is 1. The van der Waals surface area contributed by atoms with E-state index in [9.17, 15) is 4.79 Å². The van der Waals surface area contributed by atoms with E-state index in [0.29, 0.717) is 6.54 Å². The Morgan fingerprint density at radius 2 is 1.78 bits per heavy atom. The molecule has 0 aromatic heterocycles. The van der Waals surface area contributed by atoms with Crippen LogP contribution in [0.15, 0.2) is 53.4 Å². The fraction of sp³-hybridized carbons (Fsp3) is 0.381. The number of hydrogen-bond acceptors (Lipinski definition) is 5. The molecule has 1 aliphatic heterocycles. The van der Waals surface area contributed by atoms with Crippen LogP contribution >= 0.6 is 11.8 Å². The van der Waals surface area contributed by atoms with Crippen molar-refractivity contribution in [3.63, 3.8) is 0 Å². The first-order chi connectivity index (χ1) is 13.2. The van der Waals surface area contributed by atoms with Gasteiger partial charge in [-0.2, -0.15) is 0 Å². The molecule has 1 amide bonds. The van der Waals surface area contributed by atoms with E-state index in [2.05, 4.69) is 27.2 Å². The third kappa shape index (κ3) is 5.99. The number of carbonyl (C=O) groups excluding carboxylic acids is 1. The highest BCUT2D eigenvalue weighted by Crippen LogP contribution is 2.19. The maximum atomic E-state index is 12.3. The number of methoxy groups -OCH3 is 1. The zero-order valence-electron chi connectivity index (χ0n) is 16.0. The fourth-order valence-corrected chi connectivity index (χ4v) is 3.66. The molecular weight excluding hydrogens is 358 g/mol. The standard InChI is InChI=1S/C21H27N3O2S/c1-26-19-8-6-17(7-9-19)15-23-10-12-24(13-11-23)16-21(25)22-18-4-3-5-20(14-18)27-2/h3-9,14H,10-13,15-16H2,1-2H3,(H,22,25). The van der Waals surface area contributed by atoms with Gasteiger partial charge < -0.3 is 10.1 Å². The second kappa shape index (κ2) is 9.78. The highest BCUT2D eigenvalue weighted by Gasteiger charge is 2.19. The Labute approximate surface area is 165 Å². The molecule has 0 spiro atoms. The summed E-state index contributed by atoms with van der Waals surface area (Å²) in [4.78, 5) is 18.1. The maximum absolute atomic E-state index is 12.3. The van der Waals surface area contributed by atoms with Crippen LogP contribution in [0.5, 0.6) is 5.75 Å². The van der Waals surface area contributed by atoms with Gasteiger partial charge in [0, 0.05) is 43.3 Å². The molecule has 1 N–H and O–H groups in total. The van der Waals surface area contributed by atoms with Gasteiger partial charge in [0.05, 0.1) is 13.7 Å². The summed E-state index contributed by atoms with van der Waals surface area (Å²) in [5, 5.41) is 3.01. The van der Waals surface area contributed by atoms with E-state index >= 15 is 0 Å². The second-order valence-corrected chi connectivity index (χ2v) is 7.56. The van der Waals surface area contributed by atoms with E-state index in [-0.39, 0.29) is 5.91 Å². The minimum absolute atomic E-state index is 0.0526. The van der Waals surface area contributed by atoms with E-state index in [1.54, 1.807) is 18.9 Å². The number of nitrogens with one attached hydrogen (secondary N) is 1. The van der Waals surface area contributed by atoms with Crippen LogP contribution in [-0.2, 0) is 11.3 Å². The van der Waals surface area contributed by atoms with Crippen molar-refractivity contribution in [1.82, 2.24) is 9.80 Å². The number of nitrogens with zero attached hydrogens (tertiary/aromatic N) is 2. The summed E-state index contributed by atoms with van der Waals surface area (Å²) in [6, 6.07) is 16.2. The average Bonchev–Trinajstić information content (AvgIpc) is 2.70. The summed E-state index contributed by atoms with van der Waals surface area (Å²) < 4.78 is 5.21. The fourth-order valence-electron chi connectivity index (χ4n) is 3.20. The molecule has 1 saturated heterocycles. The molecule has 27 heavy (non-hydrogen) atoms. The molecule has 1 heterocycles. The van der Waals surface area contributed by atoms with Gasteiger partial charge in [-0.25, -0.2) is 0 Å². The third-order valence-electron chi connectivity index (χ3n) is 4.75. The molecule has 1 aliphatic rings.